The van der Waals surface area contributed by atoms with Crippen LogP contribution in [0.2, 0.25) is 0 Å². The Morgan fingerprint density at radius 1 is 0.838 bits per heavy atom. The smallest absolute Gasteiger partial charge is 0.232 e. The van der Waals surface area contributed by atoms with Gasteiger partial charge in [0.1, 0.15) is 0 Å². The van der Waals surface area contributed by atoms with Crippen LogP contribution in [0.25, 0.3) is 10.8 Å². The summed E-state index contributed by atoms with van der Waals surface area (Å²) in [4.78, 5) is 8.85. The van der Waals surface area contributed by atoms with Gasteiger partial charge in [0, 0.05) is 49.9 Å². The summed E-state index contributed by atoms with van der Waals surface area (Å²) in [7, 11) is -3.51. The average Bonchev–Trinajstić information content (AvgIpc) is 3.18. The van der Waals surface area contributed by atoms with E-state index in [2.05, 4.69) is 20.9 Å². The molecule has 2 heterocycles. The molecule has 0 bridgehead atoms. The SMILES string of the molecule is CS(=O)(=O)N(Cc1ccc2ccc(C#N)cc2c1)c1ccc(N2CCCN(c3ccncc3)CC2)cc1. The van der Waals surface area contributed by atoms with E-state index in [-0.39, 0.29) is 6.54 Å². The molecule has 0 spiro atoms. The molecule has 0 amide bonds. The van der Waals surface area contributed by atoms with Crippen molar-refractivity contribution in [1.29, 1.82) is 5.26 Å². The van der Waals surface area contributed by atoms with Crippen LogP contribution in [0.5, 0.6) is 0 Å². The summed E-state index contributed by atoms with van der Waals surface area (Å²) in [5.74, 6) is 0. The summed E-state index contributed by atoms with van der Waals surface area (Å²) < 4.78 is 27.0. The minimum Gasteiger partial charge on any atom is -0.370 e. The lowest BCUT2D eigenvalue weighted by molar-refractivity contribution is 0.596. The van der Waals surface area contributed by atoms with Crippen molar-refractivity contribution in [2.75, 3.05) is 46.5 Å². The number of anilines is 3. The quantitative estimate of drug-likeness (QED) is 0.370. The van der Waals surface area contributed by atoms with Gasteiger partial charge in [0.2, 0.25) is 10.0 Å². The van der Waals surface area contributed by atoms with Crippen molar-refractivity contribution in [3.8, 4) is 6.07 Å². The average molecular weight is 512 g/mol. The summed E-state index contributed by atoms with van der Waals surface area (Å²) in [6, 6.07) is 25.4. The Kier molecular flexibility index (Phi) is 6.97. The number of aromatic nitrogens is 1. The highest BCUT2D eigenvalue weighted by molar-refractivity contribution is 7.92. The van der Waals surface area contributed by atoms with Gasteiger partial charge < -0.3 is 9.80 Å². The number of pyridine rings is 1. The Bertz CT molecular complexity index is 1530. The van der Waals surface area contributed by atoms with E-state index in [1.807, 2.05) is 79.1 Å². The molecule has 7 nitrogen and oxygen atoms in total. The summed E-state index contributed by atoms with van der Waals surface area (Å²) in [6.45, 7) is 3.95. The Labute approximate surface area is 218 Å². The van der Waals surface area contributed by atoms with Gasteiger partial charge in [0.15, 0.2) is 0 Å². The fraction of sp³-hybridized carbons (Fsp3) is 0.241. The van der Waals surface area contributed by atoms with Crippen molar-refractivity contribution in [2.45, 2.75) is 13.0 Å². The van der Waals surface area contributed by atoms with E-state index in [1.165, 1.54) is 16.2 Å². The number of hydrogen-bond acceptors (Lipinski definition) is 6. The molecule has 4 aromatic rings. The zero-order valence-corrected chi connectivity index (χ0v) is 21.6. The summed E-state index contributed by atoms with van der Waals surface area (Å²) >= 11 is 0. The lowest BCUT2D eigenvalue weighted by Crippen LogP contribution is -2.31. The van der Waals surface area contributed by atoms with Crippen molar-refractivity contribution in [2.24, 2.45) is 0 Å². The van der Waals surface area contributed by atoms with E-state index in [1.54, 1.807) is 6.07 Å². The third kappa shape index (κ3) is 5.68. The highest BCUT2D eigenvalue weighted by Crippen LogP contribution is 2.27. The summed E-state index contributed by atoms with van der Waals surface area (Å²) in [5.41, 5.74) is 4.35. The number of nitrogens with zero attached hydrogens (tertiary/aromatic N) is 5. The largest absolute Gasteiger partial charge is 0.370 e. The number of nitriles is 1. The monoisotopic (exact) mass is 511 g/mol. The number of hydrogen-bond donors (Lipinski definition) is 0. The van der Waals surface area contributed by atoms with Crippen molar-refractivity contribution >= 4 is 37.9 Å². The minimum atomic E-state index is -3.51. The fourth-order valence-electron chi connectivity index (χ4n) is 4.85. The second-order valence-electron chi connectivity index (χ2n) is 9.33. The molecule has 0 radical (unpaired) electrons. The first-order chi connectivity index (χ1) is 17.9. The minimum absolute atomic E-state index is 0.218. The molecule has 0 aliphatic carbocycles. The van der Waals surface area contributed by atoms with E-state index < -0.39 is 10.0 Å². The van der Waals surface area contributed by atoms with Gasteiger partial charge in [-0.1, -0.05) is 18.2 Å². The van der Waals surface area contributed by atoms with Gasteiger partial charge in [0.05, 0.1) is 30.1 Å². The fourth-order valence-corrected chi connectivity index (χ4v) is 5.74. The molecule has 5 rings (SSSR count). The van der Waals surface area contributed by atoms with Crippen LogP contribution in [0.1, 0.15) is 17.5 Å². The third-order valence-corrected chi connectivity index (χ3v) is 7.93. The van der Waals surface area contributed by atoms with Crippen molar-refractivity contribution in [3.63, 3.8) is 0 Å². The molecule has 1 aliphatic rings. The molecule has 0 N–H and O–H groups in total. The van der Waals surface area contributed by atoms with Gasteiger partial charge in [-0.25, -0.2) is 8.42 Å². The second kappa shape index (κ2) is 10.5. The number of sulfonamides is 1. The van der Waals surface area contributed by atoms with Crippen molar-refractivity contribution in [1.82, 2.24) is 4.98 Å². The molecule has 0 unspecified atom stereocenters. The van der Waals surface area contributed by atoms with Crippen LogP contribution < -0.4 is 14.1 Å². The molecule has 1 fully saturated rings. The highest BCUT2D eigenvalue weighted by Gasteiger charge is 2.20. The first-order valence-electron chi connectivity index (χ1n) is 12.3. The molecule has 37 heavy (non-hydrogen) atoms. The van der Waals surface area contributed by atoms with E-state index in [4.69, 9.17) is 0 Å². The first kappa shape index (κ1) is 24.6. The standard InChI is InChI=1S/C29H29N5O2S/c1-37(35,36)34(22-24-4-6-25-5-3-23(21-30)19-26(25)20-24)29-9-7-27(8-10-29)32-15-2-16-33(18-17-32)28-11-13-31-14-12-28/h3-14,19-20H,2,15-18,22H2,1H3. The molecule has 1 saturated heterocycles. The molecule has 8 heteroatoms. The van der Waals surface area contributed by atoms with E-state index in [0.717, 1.165) is 54.6 Å². The van der Waals surface area contributed by atoms with E-state index in [0.29, 0.717) is 11.3 Å². The molecule has 3 aromatic carbocycles. The zero-order valence-electron chi connectivity index (χ0n) is 20.8. The second-order valence-corrected chi connectivity index (χ2v) is 11.2. The maximum atomic E-state index is 12.8. The maximum Gasteiger partial charge on any atom is 0.232 e. The number of fused-ring (bicyclic) bond motifs is 1. The topological polar surface area (TPSA) is 80.5 Å². The van der Waals surface area contributed by atoms with Gasteiger partial charge in [-0.15, -0.1) is 0 Å². The van der Waals surface area contributed by atoms with Crippen LogP contribution in [0.15, 0.2) is 85.2 Å². The van der Waals surface area contributed by atoms with Crippen LogP contribution in [-0.2, 0) is 16.6 Å². The van der Waals surface area contributed by atoms with Gasteiger partial charge in [0.25, 0.3) is 0 Å². The predicted molar refractivity (Wildman–Crippen MR) is 149 cm³/mol. The molecular weight excluding hydrogens is 482 g/mol. The summed E-state index contributed by atoms with van der Waals surface area (Å²) in [5, 5.41) is 11.1. The number of benzene rings is 3. The van der Waals surface area contributed by atoms with Crippen LogP contribution in [0.4, 0.5) is 17.1 Å². The highest BCUT2D eigenvalue weighted by atomic mass is 32.2. The van der Waals surface area contributed by atoms with Gasteiger partial charge in [-0.3, -0.25) is 9.29 Å². The van der Waals surface area contributed by atoms with Gasteiger partial charge in [-0.2, -0.15) is 5.26 Å². The van der Waals surface area contributed by atoms with E-state index in [9.17, 15) is 13.7 Å². The Morgan fingerprint density at radius 2 is 1.49 bits per heavy atom. The maximum absolute atomic E-state index is 12.8. The molecule has 1 aromatic heterocycles. The predicted octanol–water partition coefficient (Wildman–Crippen LogP) is 4.79. The van der Waals surface area contributed by atoms with Crippen LogP contribution in [0.3, 0.4) is 0 Å². The molecule has 188 valence electrons. The van der Waals surface area contributed by atoms with E-state index >= 15 is 0 Å². The Balaban J connectivity index is 1.33. The zero-order chi connectivity index (χ0) is 25.8. The molecular formula is C29H29N5O2S. The number of rotatable bonds is 6. The first-order valence-corrected chi connectivity index (χ1v) is 14.2. The lowest BCUT2D eigenvalue weighted by Gasteiger charge is -2.26. The summed E-state index contributed by atoms with van der Waals surface area (Å²) in [6.07, 6.45) is 5.92. The Morgan fingerprint density at radius 3 is 2.14 bits per heavy atom. The normalized spacial score (nSPS) is 14.3. The molecule has 1 aliphatic heterocycles. The van der Waals surface area contributed by atoms with Crippen molar-refractivity contribution < 1.29 is 8.42 Å². The third-order valence-electron chi connectivity index (χ3n) is 6.79. The molecule has 0 saturated carbocycles. The van der Waals surface area contributed by atoms with Gasteiger partial charge >= 0.3 is 0 Å². The lowest BCUT2D eigenvalue weighted by atomic mass is 10.0. The van der Waals surface area contributed by atoms with Gasteiger partial charge in [-0.05, 0) is 77.4 Å². The van der Waals surface area contributed by atoms with Crippen LogP contribution in [0, 0.1) is 11.3 Å². The van der Waals surface area contributed by atoms with Crippen molar-refractivity contribution in [3.05, 3.63) is 96.3 Å². The molecule has 0 atom stereocenters. The van der Waals surface area contributed by atoms with Crippen LogP contribution >= 0.6 is 0 Å². The van der Waals surface area contributed by atoms with Crippen LogP contribution in [-0.4, -0.2) is 45.8 Å². The Hall–Kier alpha value is -4.09.